The zero-order valence-corrected chi connectivity index (χ0v) is 12.9. The van der Waals surface area contributed by atoms with E-state index in [-0.39, 0.29) is 5.91 Å². The summed E-state index contributed by atoms with van der Waals surface area (Å²) in [6.07, 6.45) is 0. The van der Waals surface area contributed by atoms with E-state index in [1.165, 1.54) is 14.2 Å². The Labute approximate surface area is 129 Å². The highest BCUT2D eigenvalue weighted by Crippen LogP contribution is 2.29. The van der Waals surface area contributed by atoms with Gasteiger partial charge in [-0.15, -0.1) is 0 Å². The lowest BCUT2D eigenvalue weighted by molar-refractivity contribution is 0.102. The number of amides is 1. The summed E-state index contributed by atoms with van der Waals surface area (Å²) in [7, 11) is 4.67. The summed E-state index contributed by atoms with van der Waals surface area (Å²) in [5.74, 6) is 0.638. The van der Waals surface area contributed by atoms with Crippen LogP contribution in [0.3, 0.4) is 0 Å². The molecule has 0 saturated heterocycles. The van der Waals surface area contributed by atoms with Crippen LogP contribution in [0, 0.1) is 0 Å². The van der Waals surface area contributed by atoms with Gasteiger partial charge in [0.25, 0.3) is 5.91 Å². The number of carbonyl (C=O) groups excluding carboxylic acids is 1. The molecule has 2 aromatic carbocycles. The molecule has 116 valence electrons. The molecule has 0 aliphatic rings. The Morgan fingerprint density at radius 3 is 2.23 bits per heavy atom. The molecule has 0 heterocycles. The molecule has 5 nitrogen and oxygen atoms in total. The normalized spacial score (nSPS) is 10.1. The third-order valence-corrected chi connectivity index (χ3v) is 3.15. The molecule has 1 N–H and O–H groups in total. The molecule has 2 rings (SSSR count). The molecular formula is C17H19NO4. The van der Waals surface area contributed by atoms with E-state index in [1.807, 2.05) is 24.3 Å². The predicted octanol–water partition coefficient (Wildman–Crippen LogP) is 3.10. The van der Waals surface area contributed by atoms with Crippen LogP contribution in [0.1, 0.15) is 15.9 Å². The second kappa shape index (κ2) is 7.47. The van der Waals surface area contributed by atoms with Crippen molar-refractivity contribution in [1.82, 2.24) is 0 Å². The zero-order valence-electron chi connectivity index (χ0n) is 12.9. The third kappa shape index (κ3) is 3.56. The summed E-state index contributed by atoms with van der Waals surface area (Å²) in [5, 5.41) is 2.85. The highest BCUT2D eigenvalue weighted by molar-refractivity contribution is 6.08. The standard InChI is InChI=1S/C17H19NO4/c1-20-11-12-6-4-7-13(10-12)18-17(19)16-14(21-2)8-5-9-15(16)22-3/h4-10H,11H2,1-3H3,(H,18,19). The second-order valence-electron chi connectivity index (χ2n) is 4.63. The number of nitrogens with one attached hydrogen (secondary N) is 1. The minimum Gasteiger partial charge on any atom is -0.496 e. The van der Waals surface area contributed by atoms with E-state index < -0.39 is 0 Å². The first-order valence-electron chi connectivity index (χ1n) is 6.79. The van der Waals surface area contributed by atoms with Gasteiger partial charge in [0.05, 0.1) is 20.8 Å². The summed E-state index contributed by atoms with van der Waals surface area (Å²) < 4.78 is 15.6. The average Bonchev–Trinajstić information content (AvgIpc) is 2.54. The van der Waals surface area contributed by atoms with Crippen LogP contribution in [0.2, 0.25) is 0 Å². The fraction of sp³-hybridized carbons (Fsp3) is 0.235. The van der Waals surface area contributed by atoms with Gasteiger partial charge in [0, 0.05) is 12.8 Å². The number of rotatable bonds is 6. The highest BCUT2D eigenvalue weighted by atomic mass is 16.5. The SMILES string of the molecule is COCc1cccc(NC(=O)c2c(OC)cccc2OC)c1. The Bertz CT molecular complexity index is 633. The number of methoxy groups -OCH3 is 3. The molecule has 0 atom stereocenters. The molecule has 0 aromatic heterocycles. The number of hydrogen-bond acceptors (Lipinski definition) is 4. The lowest BCUT2D eigenvalue weighted by Gasteiger charge is -2.13. The molecule has 0 saturated carbocycles. The van der Waals surface area contributed by atoms with E-state index in [9.17, 15) is 4.79 Å². The Balaban J connectivity index is 2.27. The molecule has 0 bridgehead atoms. The van der Waals surface area contributed by atoms with Gasteiger partial charge >= 0.3 is 0 Å². The first kappa shape index (κ1) is 15.9. The monoisotopic (exact) mass is 301 g/mol. The first-order valence-corrected chi connectivity index (χ1v) is 6.79. The van der Waals surface area contributed by atoms with Gasteiger partial charge in [0.1, 0.15) is 17.1 Å². The van der Waals surface area contributed by atoms with E-state index in [2.05, 4.69) is 5.32 Å². The van der Waals surface area contributed by atoms with Gasteiger partial charge in [-0.25, -0.2) is 0 Å². The molecule has 0 spiro atoms. The summed E-state index contributed by atoms with van der Waals surface area (Å²) in [6.45, 7) is 0.488. The number of carbonyl (C=O) groups is 1. The Morgan fingerprint density at radius 1 is 1.00 bits per heavy atom. The maximum absolute atomic E-state index is 12.5. The second-order valence-corrected chi connectivity index (χ2v) is 4.63. The summed E-state index contributed by atoms with van der Waals surface area (Å²) >= 11 is 0. The van der Waals surface area contributed by atoms with Crippen LogP contribution in [0.25, 0.3) is 0 Å². The van der Waals surface area contributed by atoms with Crippen molar-refractivity contribution >= 4 is 11.6 Å². The van der Waals surface area contributed by atoms with Crippen LogP contribution in [-0.2, 0) is 11.3 Å². The molecular weight excluding hydrogens is 282 g/mol. The van der Waals surface area contributed by atoms with Crippen LogP contribution < -0.4 is 14.8 Å². The summed E-state index contributed by atoms with van der Waals surface area (Å²) in [5.41, 5.74) is 2.03. The molecule has 0 aliphatic carbocycles. The van der Waals surface area contributed by atoms with E-state index in [4.69, 9.17) is 14.2 Å². The number of hydrogen-bond donors (Lipinski definition) is 1. The van der Waals surface area contributed by atoms with Crippen LogP contribution in [0.15, 0.2) is 42.5 Å². The van der Waals surface area contributed by atoms with Gasteiger partial charge in [0.2, 0.25) is 0 Å². The molecule has 22 heavy (non-hydrogen) atoms. The smallest absolute Gasteiger partial charge is 0.263 e. The predicted molar refractivity (Wildman–Crippen MR) is 84.7 cm³/mol. The minimum atomic E-state index is -0.288. The van der Waals surface area contributed by atoms with E-state index in [0.29, 0.717) is 29.4 Å². The highest BCUT2D eigenvalue weighted by Gasteiger charge is 2.18. The molecule has 0 fully saturated rings. The van der Waals surface area contributed by atoms with Crippen LogP contribution in [-0.4, -0.2) is 27.2 Å². The van der Waals surface area contributed by atoms with Crippen molar-refractivity contribution < 1.29 is 19.0 Å². The molecule has 5 heteroatoms. The van der Waals surface area contributed by atoms with Gasteiger partial charge in [-0.05, 0) is 29.8 Å². The van der Waals surface area contributed by atoms with Gasteiger partial charge < -0.3 is 19.5 Å². The summed E-state index contributed by atoms with van der Waals surface area (Å²) in [4.78, 5) is 12.5. The van der Waals surface area contributed by atoms with E-state index >= 15 is 0 Å². The topological polar surface area (TPSA) is 56.8 Å². The lowest BCUT2D eigenvalue weighted by atomic mass is 10.1. The third-order valence-electron chi connectivity index (χ3n) is 3.15. The lowest BCUT2D eigenvalue weighted by Crippen LogP contribution is -2.14. The van der Waals surface area contributed by atoms with E-state index in [1.54, 1.807) is 25.3 Å². The molecule has 0 radical (unpaired) electrons. The maximum atomic E-state index is 12.5. The first-order chi connectivity index (χ1) is 10.7. The van der Waals surface area contributed by atoms with Gasteiger partial charge in [-0.3, -0.25) is 4.79 Å². The summed E-state index contributed by atoms with van der Waals surface area (Å²) in [6, 6.07) is 12.7. The minimum absolute atomic E-state index is 0.288. The van der Waals surface area contributed by atoms with Crippen molar-refractivity contribution in [1.29, 1.82) is 0 Å². The molecule has 2 aromatic rings. The van der Waals surface area contributed by atoms with Gasteiger partial charge in [0.15, 0.2) is 0 Å². The number of benzene rings is 2. The van der Waals surface area contributed by atoms with Crippen molar-refractivity contribution in [2.24, 2.45) is 0 Å². The quantitative estimate of drug-likeness (QED) is 0.890. The average molecular weight is 301 g/mol. The van der Waals surface area contributed by atoms with Crippen molar-refractivity contribution in [3.05, 3.63) is 53.6 Å². The maximum Gasteiger partial charge on any atom is 0.263 e. The number of anilines is 1. The Kier molecular flexibility index (Phi) is 5.38. The molecule has 0 unspecified atom stereocenters. The van der Waals surface area contributed by atoms with Crippen molar-refractivity contribution in [3.8, 4) is 11.5 Å². The van der Waals surface area contributed by atoms with Gasteiger partial charge in [-0.2, -0.15) is 0 Å². The Hall–Kier alpha value is -2.53. The van der Waals surface area contributed by atoms with Crippen LogP contribution in [0.5, 0.6) is 11.5 Å². The largest absolute Gasteiger partial charge is 0.496 e. The van der Waals surface area contributed by atoms with Crippen molar-refractivity contribution in [2.75, 3.05) is 26.6 Å². The zero-order chi connectivity index (χ0) is 15.9. The molecule has 0 aliphatic heterocycles. The number of ether oxygens (including phenoxy) is 3. The van der Waals surface area contributed by atoms with E-state index in [0.717, 1.165) is 5.56 Å². The Morgan fingerprint density at radius 2 is 1.64 bits per heavy atom. The fourth-order valence-corrected chi connectivity index (χ4v) is 2.17. The van der Waals surface area contributed by atoms with Gasteiger partial charge in [-0.1, -0.05) is 18.2 Å². The molecule has 1 amide bonds. The van der Waals surface area contributed by atoms with Crippen molar-refractivity contribution in [2.45, 2.75) is 6.61 Å². The van der Waals surface area contributed by atoms with Crippen molar-refractivity contribution in [3.63, 3.8) is 0 Å². The van der Waals surface area contributed by atoms with Crippen LogP contribution >= 0.6 is 0 Å². The fourth-order valence-electron chi connectivity index (χ4n) is 2.17. The van der Waals surface area contributed by atoms with Crippen LogP contribution in [0.4, 0.5) is 5.69 Å².